The van der Waals surface area contributed by atoms with Crippen molar-refractivity contribution < 1.29 is 24.2 Å². The van der Waals surface area contributed by atoms with E-state index in [2.05, 4.69) is 18.8 Å². The predicted molar refractivity (Wildman–Crippen MR) is 149 cm³/mol. The second-order valence-corrected chi connectivity index (χ2v) is 10.3. The van der Waals surface area contributed by atoms with E-state index < -0.39 is 17.7 Å². The van der Waals surface area contributed by atoms with Crippen molar-refractivity contribution in [1.29, 1.82) is 0 Å². The van der Waals surface area contributed by atoms with Crippen LogP contribution in [0.4, 0.5) is 5.13 Å². The molecular formula is C30H28N2O5S. The Morgan fingerprint density at radius 1 is 1.03 bits per heavy atom. The third-order valence-corrected chi connectivity index (χ3v) is 7.61. The number of thiazole rings is 1. The summed E-state index contributed by atoms with van der Waals surface area (Å²) in [6.07, 6.45) is 0. The number of aliphatic hydroxyl groups is 1. The number of benzene rings is 3. The lowest BCUT2D eigenvalue weighted by Gasteiger charge is -2.23. The monoisotopic (exact) mass is 528 g/mol. The largest absolute Gasteiger partial charge is 0.507 e. The summed E-state index contributed by atoms with van der Waals surface area (Å²) in [5.74, 6) is -0.0953. The van der Waals surface area contributed by atoms with Crippen molar-refractivity contribution in [2.75, 3.05) is 18.6 Å². The van der Waals surface area contributed by atoms with Crippen LogP contribution in [0, 0.1) is 0 Å². The minimum atomic E-state index is -0.842. The zero-order chi connectivity index (χ0) is 27.0. The molecular weight excluding hydrogens is 500 g/mol. The summed E-state index contributed by atoms with van der Waals surface area (Å²) in [7, 11) is 1.59. The number of ketones is 1. The lowest BCUT2D eigenvalue weighted by molar-refractivity contribution is -0.132. The highest BCUT2D eigenvalue weighted by Gasteiger charge is 2.48. The molecule has 0 bridgehead atoms. The minimum Gasteiger partial charge on any atom is -0.507 e. The molecule has 0 spiro atoms. The molecule has 38 heavy (non-hydrogen) atoms. The van der Waals surface area contributed by atoms with E-state index in [1.807, 2.05) is 43.3 Å². The van der Waals surface area contributed by atoms with E-state index in [4.69, 9.17) is 9.47 Å². The fraction of sp³-hybridized carbons (Fsp3) is 0.233. The smallest absolute Gasteiger partial charge is 0.301 e. The Labute approximate surface area is 225 Å². The molecule has 1 amide bonds. The molecule has 0 aliphatic carbocycles. The average molecular weight is 529 g/mol. The normalized spacial score (nSPS) is 17.0. The number of ether oxygens (including phenoxy) is 2. The Bertz CT molecular complexity index is 1540. The number of amides is 1. The van der Waals surface area contributed by atoms with Gasteiger partial charge < -0.3 is 14.6 Å². The minimum absolute atomic E-state index is 0.0216. The van der Waals surface area contributed by atoms with Gasteiger partial charge in [-0.1, -0.05) is 49.4 Å². The van der Waals surface area contributed by atoms with E-state index in [1.54, 1.807) is 37.4 Å². The number of methoxy groups -OCH3 is 1. The van der Waals surface area contributed by atoms with Crippen LogP contribution in [0.2, 0.25) is 0 Å². The molecule has 1 aliphatic rings. The van der Waals surface area contributed by atoms with E-state index in [0.29, 0.717) is 45.8 Å². The number of aliphatic hydroxyl groups excluding tert-OH is 1. The van der Waals surface area contributed by atoms with Gasteiger partial charge in [-0.05, 0) is 66.4 Å². The zero-order valence-electron chi connectivity index (χ0n) is 21.6. The highest BCUT2D eigenvalue weighted by Crippen LogP contribution is 2.45. The maximum Gasteiger partial charge on any atom is 0.301 e. The number of hydrogen-bond acceptors (Lipinski definition) is 7. The molecule has 0 saturated carbocycles. The van der Waals surface area contributed by atoms with Gasteiger partial charge in [0, 0.05) is 5.56 Å². The van der Waals surface area contributed by atoms with Crippen molar-refractivity contribution in [2.45, 2.75) is 32.7 Å². The third-order valence-electron chi connectivity index (χ3n) is 6.59. The molecule has 5 rings (SSSR count). The fourth-order valence-corrected chi connectivity index (χ4v) is 5.58. The van der Waals surface area contributed by atoms with Gasteiger partial charge in [-0.2, -0.15) is 0 Å². The first-order valence-electron chi connectivity index (χ1n) is 12.4. The average Bonchev–Trinajstić information content (AvgIpc) is 3.46. The predicted octanol–water partition coefficient (Wildman–Crippen LogP) is 6.45. The van der Waals surface area contributed by atoms with Crippen molar-refractivity contribution in [3.8, 4) is 11.5 Å². The van der Waals surface area contributed by atoms with E-state index in [-0.39, 0.29) is 11.3 Å². The Morgan fingerprint density at radius 3 is 2.34 bits per heavy atom. The topological polar surface area (TPSA) is 89.0 Å². The maximum absolute atomic E-state index is 13.5. The Morgan fingerprint density at radius 2 is 1.71 bits per heavy atom. The Balaban J connectivity index is 1.67. The van der Waals surface area contributed by atoms with Gasteiger partial charge >= 0.3 is 5.91 Å². The number of Topliss-reactive ketones (excluding diaryl/α,β-unsaturated/α-hetero) is 1. The molecule has 7 nitrogen and oxygen atoms in total. The molecule has 1 N–H and O–H groups in total. The molecule has 2 heterocycles. The van der Waals surface area contributed by atoms with Gasteiger partial charge in [-0.15, -0.1) is 0 Å². The lowest BCUT2D eigenvalue weighted by Crippen LogP contribution is -2.29. The van der Waals surface area contributed by atoms with Crippen LogP contribution < -0.4 is 14.4 Å². The number of aromatic nitrogens is 1. The van der Waals surface area contributed by atoms with Gasteiger partial charge in [0.25, 0.3) is 5.78 Å². The number of rotatable bonds is 7. The second kappa shape index (κ2) is 10.3. The Hall–Kier alpha value is -4.17. The van der Waals surface area contributed by atoms with Gasteiger partial charge in [0.15, 0.2) is 5.13 Å². The quantitative estimate of drug-likeness (QED) is 0.168. The summed E-state index contributed by atoms with van der Waals surface area (Å²) < 4.78 is 11.7. The van der Waals surface area contributed by atoms with E-state index in [1.165, 1.54) is 16.2 Å². The summed E-state index contributed by atoms with van der Waals surface area (Å²) in [5.41, 5.74) is 2.97. The molecule has 1 atom stereocenters. The summed E-state index contributed by atoms with van der Waals surface area (Å²) >= 11 is 1.29. The first kappa shape index (κ1) is 25.5. The molecule has 4 aromatic rings. The van der Waals surface area contributed by atoms with Gasteiger partial charge in [0.2, 0.25) is 0 Å². The molecule has 3 aromatic carbocycles. The van der Waals surface area contributed by atoms with E-state index in [9.17, 15) is 14.7 Å². The molecule has 194 valence electrons. The molecule has 8 heteroatoms. The number of carbonyl (C=O) groups is 2. The highest BCUT2D eigenvalue weighted by atomic mass is 32.1. The molecule has 0 radical (unpaired) electrons. The molecule has 1 unspecified atom stereocenters. The summed E-state index contributed by atoms with van der Waals surface area (Å²) in [4.78, 5) is 33.0. The van der Waals surface area contributed by atoms with Crippen LogP contribution in [0.15, 0.2) is 72.3 Å². The van der Waals surface area contributed by atoms with Gasteiger partial charge in [-0.3, -0.25) is 14.5 Å². The SMILES string of the molecule is CCOc1ccc(/C(O)=C2\C(=O)C(=O)N(c3nc4ccc(OC)cc4s3)C2c2ccc(C(C)C)cc2)cc1. The van der Waals surface area contributed by atoms with E-state index in [0.717, 1.165) is 10.3 Å². The van der Waals surface area contributed by atoms with Crippen LogP contribution in [0.1, 0.15) is 49.4 Å². The van der Waals surface area contributed by atoms with Gasteiger partial charge in [0.05, 0.1) is 35.5 Å². The molecule has 1 saturated heterocycles. The van der Waals surface area contributed by atoms with Crippen LogP contribution >= 0.6 is 11.3 Å². The zero-order valence-corrected chi connectivity index (χ0v) is 22.4. The number of anilines is 1. The standard InChI is InChI=1S/C30H28N2O5S/c1-5-37-21-12-10-20(11-13-21)27(33)25-26(19-8-6-18(7-9-19)17(2)3)32(29(35)28(25)34)30-31-23-15-14-22(36-4)16-24(23)38-30/h6-17,26,33H,5H2,1-4H3/b27-25+. The fourth-order valence-electron chi connectivity index (χ4n) is 4.56. The van der Waals surface area contributed by atoms with Crippen LogP contribution in [-0.4, -0.2) is 35.5 Å². The second-order valence-electron chi connectivity index (χ2n) is 9.28. The van der Waals surface area contributed by atoms with Crippen molar-refractivity contribution in [1.82, 2.24) is 4.98 Å². The van der Waals surface area contributed by atoms with E-state index >= 15 is 0 Å². The number of fused-ring (bicyclic) bond motifs is 1. The highest BCUT2D eigenvalue weighted by molar-refractivity contribution is 7.22. The maximum atomic E-state index is 13.5. The van der Waals surface area contributed by atoms with Crippen molar-refractivity contribution in [3.05, 3.63) is 89.0 Å². The lowest BCUT2D eigenvalue weighted by atomic mass is 9.93. The number of carbonyl (C=O) groups excluding carboxylic acids is 2. The molecule has 1 aromatic heterocycles. The van der Waals surface area contributed by atoms with Gasteiger partial charge in [-0.25, -0.2) is 4.98 Å². The van der Waals surface area contributed by atoms with Crippen LogP contribution in [-0.2, 0) is 9.59 Å². The van der Waals surface area contributed by atoms with Crippen molar-refractivity contribution in [2.24, 2.45) is 0 Å². The van der Waals surface area contributed by atoms with Crippen LogP contribution in [0.3, 0.4) is 0 Å². The molecule has 1 aliphatic heterocycles. The van der Waals surface area contributed by atoms with Crippen LogP contribution in [0.5, 0.6) is 11.5 Å². The Kier molecular flexibility index (Phi) is 6.91. The summed E-state index contributed by atoms with van der Waals surface area (Å²) in [6, 6.07) is 19.2. The summed E-state index contributed by atoms with van der Waals surface area (Å²) in [5, 5.41) is 11.8. The third kappa shape index (κ3) is 4.52. The number of hydrogen-bond donors (Lipinski definition) is 1. The molecule has 1 fully saturated rings. The first-order valence-corrected chi connectivity index (χ1v) is 13.2. The summed E-state index contributed by atoms with van der Waals surface area (Å²) in [6.45, 7) is 6.60. The van der Waals surface area contributed by atoms with Crippen LogP contribution in [0.25, 0.3) is 16.0 Å². The van der Waals surface area contributed by atoms with Gasteiger partial charge in [0.1, 0.15) is 17.3 Å². The first-order chi connectivity index (χ1) is 18.3. The van der Waals surface area contributed by atoms with Crippen molar-refractivity contribution in [3.63, 3.8) is 0 Å². The number of nitrogens with zero attached hydrogens (tertiary/aromatic N) is 2. The van der Waals surface area contributed by atoms with Crippen molar-refractivity contribution >= 4 is 44.1 Å².